The third kappa shape index (κ3) is 2.90. The summed E-state index contributed by atoms with van der Waals surface area (Å²) in [6.07, 6.45) is 5.26. The molecule has 2 rings (SSSR count). The van der Waals surface area contributed by atoms with Crippen LogP contribution in [0.15, 0.2) is 5.16 Å². The van der Waals surface area contributed by atoms with Gasteiger partial charge in [-0.1, -0.05) is 18.0 Å². The monoisotopic (exact) mass is 282 g/mol. The second-order valence-electron chi connectivity index (χ2n) is 6.38. The largest absolute Gasteiger partial charge is 0.409 e. The van der Waals surface area contributed by atoms with Crippen LogP contribution in [0.3, 0.4) is 0 Å². The Bertz CT molecular complexity index is 381. The first-order chi connectivity index (χ1) is 9.46. The van der Waals surface area contributed by atoms with Crippen LogP contribution in [0.1, 0.15) is 39.5 Å². The van der Waals surface area contributed by atoms with E-state index in [0.29, 0.717) is 6.04 Å². The summed E-state index contributed by atoms with van der Waals surface area (Å²) >= 11 is 0. The van der Waals surface area contributed by atoms with Crippen molar-refractivity contribution in [2.75, 3.05) is 26.2 Å². The highest BCUT2D eigenvalue weighted by Gasteiger charge is 2.38. The van der Waals surface area contributed by atoms with Gasteiger partial charge in [0.2, 0.25) is 5.91 Å². The number of hydrogen-bond acceptors (Lipinski definition) is 4. The molecular weight excluding hydrogens is 256 g/mol. The Balaban J connectivity index is 1.91. The van der Waals surface area contributed by atoms with Gasteiger partial charge in [0.15, 0.2) is 5.84 Å². The molecule has 1 aliphatic carbocycles. The van der Waals surface area contributed by atoms with Gasteiger partial charge in [-0.15, -0.1) is 0 Å². The van der Waals surface area contributed by atoms with Gasteiger partial charge in [0.05, 0.1) is 0 Å². The number of carbonyl (C=O) groups excluding carboxylic acids is 1. The van der Waals surface area contributed by atoms with Crippen LogP contribution in [0, 0.1) is 5.41 Å². The van der Waals surface area contributed by atoms with Gasteiger partial charge in [-0.25, -0.2) is 0 Å². The Morgan fingerprint density at radius 3 is 2.25 bits per heavy atom. The number of carbonyl (C=O) groups is 1. The minimum atomic E-state index is -0.940. The maximum absolute atomic E-state index is 12.5. The van der Waals surface area contributed by atoms with Crippen LogP contribution >= 0.6 is 0 Å². The predicted molar refractivity (Wildman–Crippen MR) is 77.6 cm³/mol. The summed E-state index contributed by atoms with van der Waals surface area (Å²) in [6.45, 7) is 6.74. The standard InChI is InChI=1S/C14H26N4O2/c1-14(2,12(15)16-20)13(19)18-9-7-17(8-10-18)11-5-3-4-6-11/h11,20H,3-10H2,1-2H3,(H2,15,16). The minimum Gasteiger partial charge on any atom is -0.409 e. The molecule has 1 heterocycles. The van der Waals surface area contributed by atoms with Crippen molar-refractivity contribution in [3.8, 4) is 0 Å². The van der Waals surface area contributed by atoms with Gasteiger partial charge in [0.25, 0.3) is 0 Å². The summed E-state index contributed by atoms with van der Waals surface area (Å²) < 4.78 is 0. The number of piperazine rings is 1. The van der Waals surface area contributed by atoms with Crippen LogP contribution in [0.2, 0.25) is 0 Å². The van der Waals surface area contributed by atoms with Gasteiger partial charge in [0.1, 0.15) is 5.41 Å². The molecule has 0 spiro atoms. The number of rotatable bonds is 3. The van der Waals surface area contributed by atoms with Gasteiger partial charge < -0.3 is 15.8 Å². The van der Waals surface area contributed by atoms with E-state index in [1.165, 1.54) is 25.7 Å². The Labute approximate surface area is 120 Å². The van der Waals surface area contributed by atoms with E-state index < -0.39 is 5.41 Å². The predicted octanol–water partition coefficient (Wildman–Crippen LogP) is 0.846. The van der Waals surface area contributed by atoms with Crippen molar-refractivity contribution in [1.29, 1.82) is 0 Å². The van der Waals surface area contributed by atoms with Crippen molar-refractivity contribution in [2.45, 2.75) is 45.6 Å². The van der Waals surface area contributed by atoms with Gasteiger partial charge in [-0.05, 0) is 26.7 Å². The molecule has 0 atom stereocenters. The van der Waals surface area contributed by atoms with E-state index in [2.05, 4.69) is 10.1 Å². The Morgan fingerprint density at radius 2 is 1.75 bits per heavy atom. The summed E-state index contributed by atoms with van der Waals surface area (Å²) in [5, 5.41) is 11.8. The highest BCUT2D eigenvalue weighted by atomic mass is 16.4. The number of oxime groups is 1. The number of nitrogens with two attached hydrogens (primary N) is 1. The fourth-order valence-electron chi connectivity index (χ4n) is 3.19. The summed E-state index contributed by atoms with van der Waals surface area (Å²) in [5.41, 5.74) is 4.69. The van der Waals surface area contributed by atoms with Gasteiger partial charge >= 0.3 is 0 Å². The Hall–Kier alpha value is -1.30. The minimum absolute atomic E-state index is 0.0271. The summed E-state index contributed by atoms with van der Waals surface area (Å²) in [6, 6.07) is 0.712. The highest BCUT2D eigenvalue weighted by Crippen LogP contribution is 2.26. The zero-order valence-electron chi connectivity index (χ0n) is 12.5. The molecule has 0 aromatic rings. The lowest BCUT2D eigenvalue weighted by atomic mass is 9.90. The van der Waals surface area contributed by atoms with Crippen LogP contribution in [-0.2, 0) is 4.79 Å². The van der Waals surface area contributed by atoms with E-state index in [1.807, 2.05) is 4.90 Å². The lowest BCUT2D eigenvalue weighted by Gasteiger charge is -2.40. The molecule has 1 saturated carbocycles. The second-order valence-corrected chi connectivity index (χ2v) is 6.38. The fourth-order valence-corrected chi connectivity index (χ4v) is 3.19. The lowest BCUT2D eigenvalue weighted by molar-refractivity contribution is -0.139. The van der Waals surface area contributed by atoms with E-state index in [-0.39, 0.29) is 11.7 Å². The van der Waals surface area contributed by atoms with Gasteiger partial charge in [-0.2, -0.15) is 0 Å². The topological polar surface area (TPSA) is 82.2 Å². The van der Waals surface area contributed by atoms with Crippen molar-refractivity contribution in [3.63, 3.8) is 0 Å². The average Bonchev–Trinajstić information content (AvgIpc) is 2.99. The van der Waals surface area contributed by atoms with E-state index in [0.717, 1.165) is 26.2 Å². The van der Waals surface area contributed by atoms with E-state index >= 15 is 0 Å². The maximum Gasteiger partial charge on any atom is 0.236 e. The maximum atomic E-state index is 12.5. The molecule has 0 radical (unpaired) electrons. The first-order valence-electron chi connectivity index (χ1n) is 7.48. The lowest BCUT2D eigenvalue weighted by Crippen LogP contribution is -2.56. The average molecular weight is 282 g/mol. The molecule has 0 bridgehead atoms. The van der Waals surface area contributed by atoms with Crippen molar-refractivity contribution in [1.82, 2.24) is 9.80 Å². The van der Waals surface area contributed by atoms with Crippen LogP contribution in [-0.4, -0.2) is 59.0 Å². The van der Waals surface area contributed by atoms with Gasteiger partial charge in [-0.3, -0.25) is 9.69 Å². The molecule has 6 nitrogen and oxygen atoms in total. The molecule has 2 aliphatic rings. The number of amidine groups is 1. The van der Waals surface area contributed by atoms with E-state index in [4.69, 9.17) is 10.9 Å². The molecule has 6 heteroatoms. The molecule has 0 aromatic carbocycles. The molecule has 20 heavy (non-hydrogen) atoms. The number of amides is 1. The molecule has 3 N–H and O–H groups in total. The molecule has 1 saturated heterocycles. The quantitative estimate of drug-likeness (QED) is 0.348. The molecule has 1 aliphatic heterocycles. The van der Waals surface area contributed by atoms with Crippen LogP contribution in [0.5, 0.6) is 0 Å². The summed E-state index contributed by atoms with van der Waals surface area (Å²) in [5.74, 6) is -0.0837. The zero-order chi connectivity index (χ0) is 14.8. The highest BCUT2D eigenvalue weighted by molar-refractivity contribution is 6.05. The fraction of sp³-hybridized carbons (Fsp3) is 0.857. The zero-order valence-corrected chi connectivity index (χ0v) is 12.5. The van der Waals surface area contributed by atoms with Crippen LogP contribution < -0.4 is 5.73 Å². The smallest absolute Gasteiger partial charge is 0.236 e. The molecule has 1 amide bonds. The Morgan fingerprint density at radius 1 is 1.20 bits per heavy atom. The first-order valence-corrected chi connectivity index (χ1v) is 7.48. The number of nitrogens with zero attached hydrogens (tertiary/aromatic N) is 3. The normalized spacial score (nSPS) is 23.3. The van der Waals surface area contributed by atoms with Crippen LogP contribution in [0.4, 0.5) is 0 Å². The number of hydrogen-bond donors (Lipinski definition) is 2. The molecule has 2 fully saturated rings. The third-order valence-electron chi connectivity index (χ3n) is 4.73. The van der Waals surface area contributed by atoms with E-state index in [1.54, 1.807) is 13.8 Å². The summed E-state index contributed by atoms with van der Waals surface area (Å²) in [7, 11) is 0. The molecule has 0 aromatic heterocycles. The van der Waals surface area contributed by atoms with Crippen molar-refractivity contribution in [3.05, 3.63) is 0 Å². The summed E-state index contributed by atoms with van der Waals surface area (Å²) in [4.78, 5) is 16.8. The Kier molecular flexibility index (Phi) is 4.52. The SMILES string of the molecule is CC(C)(C(=O)N1CCN(C2CCCC2)CC1)C(N)=NO. The second kappa shape index (κ2) is 5.99. The molecule has 114 valence electrons. The van der Waals surface area contributed by atoms with Crippen molar-refractivity contribution >= 4 is 11.7 Å². The molecule has 0 unspecified atom stereocenters. The molecular formula is C14H26N4O2. The first kappa shape index (κ1) is 15.1. The van der Waals surface area contributed by atoms with Crippen molar-refractivity contribution < 1.29 is 10.0 Å². The van der Waals surface area contributed by atoms with Gasteiger partial charge in [0, 0.05) is 32.2 Å². The van der Waals surface area contributed by atoms with E-state index in [9.17, 15) is 4.79 Å². The third-order valence-corrected chi connectivity index (χ3v) is 4.73. The van der Waals surface area contributed by atoms with Crippen LogP contribution in [0.25, 0.3) is 0 Å². The van der Waals surface area contributed by atoms with Crippen molar-refractivity contribution in [2.24, 2.45) is 16.3 Å².